The highest BCUT2D eigenvalue weighted by Gasteiger charge is 2.12. The lowest BCUT2D eigenvalue weighted by Crippen LogP contribution is -2.31. The fourth-order valence-electron chi connectivity index (χ4n) is 2.17. The second-order valence-corrected chi connectivity index (χ2v) is 7.92. The molecule has 0 saturated carbocycles. The van der Waals surface area contributed by atoms with Crippen molar-refractivity contribution in [2.75, 3.05) is 13.2 Å². The zero-order valence-electron chi connectivity index (χ0n) is 15.1. The van der Waals surface area contributed by atoms with Crippen LogP contribution in [0.4, 0.5) is 0 Å². The van der Waals surface area contributed by atoms with Gasteiger partial charge in [0.25, 0.3) is 0 Å². The van der Waals surface area contributed by atoms with Crippen molar-refractivity contribution in [1.82, 2.24) is 10.7 Å². The van der Waals surface area contributed by atoms with Crippen LogP contribution in [0.1, 0.15) is 25.0 Å². The van der Waals surface area contributed by atoms with E-state index in [0.717, 1.165) is 22.1 Å². The average Bonchev–Trinajstić information content (AvgIpc) is 2.63. The number of nitrogens with zero attached hydrogens (tertiary/aromatic N) is 1. The van der Waals surface area contributed by atoms with Crippen LogP contribution in [0.2, 0.25) is 0 Å². The number of hydrazone groups is 1. The summed E-state index contributed by atoms with van der Waals surface area (Å²) in [6.45, 7) is 5.65. The highest BCUT2D eigenvalue weighted by molar-refractivity contribution is 14.1. The van der Waals surface area contributed by atoms with Crippen LogP contribution in [0.3, 0.4) is 0 Å². The number of rotatable bonds is 8. The van der Waals surface area contributed by atoms with E-state index in [9.17, 15) is 0 Å². The molecular formula is C19H21BrIN3O2S. The van der Waals surface area contributed by atoms with Crippen molar-refractivity contribution >= 4 is 62.1 Å². The predicted molar refractivity (Wildman–Crippen MR) is 126 cm³/mol. The van der Waals surface area contributed by atoms with Gasteiger partial charge in [-0.25, -0.2) is 0 Å². The topological polar surface area (TPSA) is 54.9 Å². The molecule has 0 aliphatic carbocycles. The molecule has 2 aromatic rings. The lowest BCUT2D eigenvalue weighted by molar-refractivity contribution is 0.267. The van der Waals surface area contributed by atoms with E-state index in [1.165, 1.54) is 3.57 Å². The van der Waals surface area contributed by atoms with Crippen LogP contribution < -0.4 is 20.2 Å². The Morgan fingerprint density at radius 2 is 1.96 bits per heavy atom. The highest BCUT2D eigenvalue weighted by atomic mass is 127. The lowest BCUT2D eigenvalue weighted by atomic mass is 10.2. The van der Waals surface area contributed by atoms with Gasteiger partial charge < -0.3 is 14.8 Å². The molecule has 0 amide bonds. The van der Waals surface area contributed by atoms with E-state index in [-0.39, 0.29) is 0 Å². The van der Waals surface area contributed by atoms with Crippen LogP contribution >= 0.6 is 50.7 Å². The van der Waals surface area contributed by atoms with E-state index >= 15 is 0 Å². The third kappa shape index (κ3) is 7.27. The molecule has 0 atom stereocenters. The molecule has 0 saturated heterocycles. The number of nitrogens with one attached hydrogen (secondary N) is 2. The van der Waals surface area contributed by atoms with Gasteiger partial charge in [0.05, 0.1) is 17.3 Å². The monoisotopic (exact) mass is 561 g/mol. The molecular weight excluding hydrogens is 541 g/mol. The van der Waals surface area contributed by atoms with E-state index in [2.05, 4.69) is 78.6 Å². The third-order valence-electron chi connectivity index (χ3n) is 3.35. The minimum atomic E-state index is 0.460. The van der Waals surface area contributed by atoms with Gasteiger partial charge in [-0.3, -0.25) is 5.43 Å². The molecule has 8 heteroatoms. The first-order valence-electron chi connectivity index (χ1n) is 8.44. The van der Waals surface area contributed by atoms with E-state index in [4.69, 9.17) is 21.7 Å². The first kappa shape index (κ1) is 21.9. The van der Waals surface area contributed by atoms with E-state index < -0.39 is 0 Å². The molecule has 2 rings (SSSR count). The van der Waals surface area contributed by atoms with Crippen LogP contribution in [0.15, 0.2) is 46.0 Å². The van der Waals surface area contributed by atoms with Gasteiger partial charge in [0.1, 0.15) is 6.61 Å². The van der Waals surface area contributed by atoms with Crippen LogP contribution in [-0.2, 0) is 6.61 Å². The SMILES string of the molecule is CCNC(=S)N/N=C\c1cc(Br)c(OCc2ccc(I)cc2)c(OCC)c1. The molecule has 27 heavy (non-hydrogen) atoms. The zero-order chi connectivity index (χ0) is 19.6. The first-order valence-corrected chi connectivity index (χ1v) is 10.7. The summed E-state index contributed by atoms with van der Waals surface area (Å²) in [6.07, 6.45) is 1.68. The van der Waals surface area contributed by atoms with Crippen molar-refractivity contribution in [3.05, 3.63) is 55.6 Å². The fraction of sp³-hybridized carbons (Fsp3) is 0.263. The maximum Gasteiger partial charge on any atom is 0.186 e. The Balaban J connectivity index is 2.13. The molecule has 2 N–H and O–H groups in total. The van der Waals surface area contributed by atoms with Gasteiger partial charge in [0.15, 0.2) is 16.6 Å². The second-order valence-electron chi connectivity index (χ2n) is 5.41. The number of ether oxygens (including phenoxy) is 2. The summed E-state index contributed by atoms with van der Waals surface area (Å²) >= 11 is 10.9. The summed E-state index contributed by atoms with van der Waals surface area (Å²) in [7, 11) is 0. The molecule has 0 aromatic heterocycles. The molecule has 0 bridgehead atoms. The van der Waals surface area contributed by atoms with Crippen LogP contribution in [-0.4, -0.2) is 24.5 Å². The minimum absolute atomic E-state index is 0.460. The number of hydrogen-bond donors (Lipinski definition) is 2. The maximum absolute atomic E-state index is 6.01. The molecule has 144 valence electrons. The summed E-state index contributed by atoms with van der Waals surface area (Å²) in [6, 6.07) is 12.0. The van der Waals surface area contributed by atoms with Crippen molar-refractivity contribution < 1.29 is 9.47 Å². The maximum atomic E-state index is 6.01. The normalized spacial score (nSPS) is 10.7. The summed E-state index contributed by atoms with van der Waals surface area (Å²) in [4.78, 5) is 0. The lowest BCUT2D eigenvalue weighted by Gasteiger charge is -2.15. The molecule has 0 fully saturated rings. The fourth-order valence-corrected chi connectivity index (χ4v) is 3.30. The van der Waals surface area contributed by atoms with Gasteiger partial charge in [-0.15, -0.1) is 0 Å². The minimum Gasteiger partial charge on any atom is -0.490 e. The molecule has 0 spiro atoms. The number of hydrogen-bond acceptors (Lipinski definition) is 4. The highest BCUT2D eigenvalue weighted by Crippen LogP contribution is 2.37. The second kappa shape index (κ2) is 11.5. The summed E-state index contributed by atoms with van der Waals surface area (Å²) in [5, 5.41) is 7.59. The van der Waals surface area contributed by atoms with E-state index in [1.807, 2.05) is 26.0 Å². The van der Waals surface area contributed by atoms with Crippen LogP contribution in [0.25, 0.3) is 0 Å². The van der Waals surface area contributed by atoms with Gasteiger partial charge in [-0.1, -0.05) is 12.1 Å². The molecule has 0 unspecified atom stereocenters. The standard InChI is InChI=1S/C19H21BrIN3O2S/c1-3-22-19(27)24-23-11-14-9-16(20)18(17(10-14)25-4-2)26-12-13-5-7-15(21)8-6-13/h5-11H,3-4,12H2,1-2H3,(H2,22,24,27)/b23-11-. The van der Waals surface area contributed by atoms with Crippen LogP contribution in [0.5, 0.6) is 11.5 Å². The van der Waals surface area contributed by atoms with Gasteiger partial charge >= 0.3 is 0 Å². The van der Waals surface area contributed by atoms with Crippen LogP contribution in [0, 0.1) is 3.57 Å². The van der Waals surface area contributed by atoms with Gasteiger partial charge in [0, 0.05) is 10.1 Å². The Hall–Kier alpha value is -1.39. The van der Waals surface area contributed by atoms with E-state index in [0.29, 0.717) is 29.8 Å². The number of thiocarbonyl (C=S) groups is 1. The molecule has 0 aliphatic heterocycles. The van der Waals surface area contributed by atoms with Crippen molar-refractivity contribution in [2.45, 2.75) is 20.5 Å². The first-order chi connectivity index (χ1) is 13.0. The Morgan fingerprint density at radius 3 is 2.63 bits per heavy atom. The molecule has 0 heterocycles. The predicted octanol–water partition coefficient (Wildman–Crippen LogP) is 4.85. The van der Waals surface area contributed by atoms with Crippen molar-refractivity contribution in [3.8, 4) is 11.5 Å². The molecule has 2 aromatic carbocycles. The Labute approximate surface area is 187 Å². The Bertz CT molecular complexity index is 800. The summed E-state index contributed by atoms with van der Waals surface area (Å²) in [5.74, 6) is 1.33. The third-order valence-corrected chi connectivity index (χ3v) is 4.89. The number of benzene rings is 2. The number of halogens is 2. The smallest absolute Gasteiger partial charge is 0.186 e. The Morgan fingerprint density at radius 1 is 1.22 bits per heavy atom. The van der Waals surface area contributed by atoms with Gasteiger partial charge in [0.2, 0.25) is 0 Å². The average molecular weight is 562 g/mol. The summed E-state index contributed by atoms with van der Waals surface area (Å²) in [5.41, 5.74) is 4.72. The van der Waals surface area contributed by atoms with E-state index in [1.54, 1.807) is 6.21 Å². The Kier molecular flexibility index (Phi) is 9.29. The van der Waals surface area contributed by atoms with Gasteiger partial charge in [-0.2, -0.15) is 5.10 Å². The quantitative estimate of drug-likeness (QED) is 0.209. The largest absolute Gasteiger partial charge is 0.490 e. The molecule has 0 radical (unpaired) electrons. The molecule has 5 nitrogen and oxygen atoms in total. The van der Waals surface area contributed by atoms with Gasteiger partial charge in [-0.05, 0) is 100.0 Å². The summed E-state index contributed by atoms with van der Waals surface area (Å²) < 4.78 is 13.8. The zero-order valence-corrected chi connectivity index (χ0v) is 19.7. The van der Waals surface area contributed by atoms with Crippen molar-refractivity contribution in [1.29, 1.82) is 0 Å². The molecule has 0 aliphatic rings. The van der Waals surface area contributed by atoms with Crippen molar-refractivity contribution in [2.24, 2.45) is 5.10 Å². The van der Waals surface area contributed by atoms with Crippen molar-refractivity contribution in [3.63, 3.8) is 0 Å².